The van der Waals surface area contributed by atoms with Crippen LogP contribution in [0.1, 0.15) is 27.8 Å². The Bertz CT molecular complexity index is 530. The number of aromatic amines is 1. The summed E-state index contributed by atoms with van der Waals surface area (Å²) in [6.07, 6.45) is 1.41. The lowest BCUT2D eigenvalue weighted by Gasteiger charge is -2.13. The van der Waals surface area contributed by atoms with Crippen molar-refractivity contribution < 1.29 is 9.32 Å². The van der Waals surface area contributed by atoms with Crippen LogP contribution < -0.4 is 0 Å². The second-order valence-corrected chi connectivity index (χ2v) is 3.79. The van der Waals surface area contributed by atoms with Crippen molar-refractivity contribution in [1.82, 2.24) is 25.2 Å². The average molecular weight is 235 g/mol. The van der Waals surface area contributed by atoms with Crippen LogP contribution in [0.3, 0.4) is 0 Å². The lowest BCUT2D eigenvalue weighted by atomic mass is 10.2. The number of H-pyrrole nitrogens is 1. The van der Waals surface area contributed by atoms with Gasteiger partial charge in [-0.2, -0.15) is 5.10 Å². The summed E-state index contributed by atoms with van der Waals surface area (Å²) < 4.78 is 4.86. The van der Waals surface area contributed by atoms with Crippen LogP contribution in [0, 0.1) is 13.8 Å². The van der Waals surface area contributed by atoms with E-state index in [9.17, 15) is 4.79 Å². The molecule has 2 aromatic heterocycles. The lowest BCUT2D eigenvalue weighted by molar-refractivity contribution is 0.0780. The third-order valence-corrected chi connectivity index (χ3v) is 2.35. The summed E-state index contributed by atoms with van der Waals surface area (Å²) in [5.74, 6) is 1.65. The van der Waals surface area contributed by atoms with Crippen LogP contribution in [-0.4, -0.2) is 38.2 Å². The summed E-state index contributed by atoms with van der Waals surface area (Å²) in [5, 5.41) is 10.3. The SMILES string of the molecule is Cc1nc(CN(C)C(=O)c2cnoc2C)n[nH]1. The number of aryl methyl sites for hydroxylation is 2. The van der Waals surface area contributed by atoms with Crippen molar-refractivity contribution in [2.75, 3.05) is 7.05 Å². The summed E-state index contributed by atoms with van der Waals surface area (Å²) in [6.45, 7) is 3.85. The molecule has 0 saturated carbocycles. The molecular formula is C10H13N5O2. The van der Waals surface area contributed by atoms with Crippen molar-refractivity contribution >= 4 is 5.91 Å². The minimum Gasteiger partial charge on any atom is -0.361 e. The van der Waals surface area contributed by atoms with Crippen LogP contribution in [0.15, 0.2) is 10.7 Å². The Morgan fingerprint density at radius 3 is 2.82 bits per heavy atom. The zero-order valence-corrected chi connectivity index (χ0v) is 9.89. The van der Waals surface area contributed by atoms with Gasteiger partial charge in [0.15, 0.2) is 5.82 Å². The number of amides is 1. The molecule has 7 nitrogen and oxygen atoms in total. The molecule has 2 rings (SSSR count). The summed E-state index contributed by atoms with van der Waals surface area (Å²) >= 11 is 0. The second kappa shape index (κ2) is 4.36. The number of hydrogen-bond acceptors (Lipinski definition) is 5. The molecule has 90 valence electrons. The van der Waals surface area contributed by atoms with Crippen LogP contribution >= 0.6 is 0 Å². The van der Waals surface area contributed by atoms with Crippen molar-refractivity contribution in [3.63, 3.8) is 0 Å². The predicted octanol–water partition coefficient (Wildman–Crippen LogP) is 0.682. The molecule has 7 heteroatoms. The summed E-state index contributed by atoms with van der Waals surface area (Å²) in [7, 11) is 1.68. The van der Waals surface area contributed by atoms with Gasteiger partial charge in [0.2, 0.25) is 0 Å². The summed E-state index contributed by atoms with van der Waals surface area (Å²) in [6, 6.07) is 0. The maximum Gasteiger partial charge on any atom is 0.259 e. The number of carbonyl (C=O) groups is 1. The highest BCUT2D eigenvalue weighted by Crippen LogP contribution is 2.10. The monoisotopic (exact) mass is 235 g/mol. The van der Waals surface area contributed by atoms with Gasteiger partial charge in [0.1, 0.15) is 17.1 Å². The molecule has 2 heterocycles. The van der Waals surface area contributed by atoms with E-state index in [1.54, 1.807) is 14.0 Å². The van der Waals surface area contributed by atoms with Crippen LogP contribution in [0.25, 0.3) is 0 Å². The zero-order chi connectivity index (χ0) is 12.4. The molecule has 0 saturated heterocycles. The highest BCUT2D eigenvalue weighted by atomic mass is 16.5. The smallest absolute Gasteiger partial charge is 0.259 e. The molecule has 0 radical (unpaired) electrons. The molecule has 0 aliphatic heterocycles. The van der Waals surface area contributed by atoms with Gasteiger partial charge in [-0.1, -0.05) is 5.16 Å². The topological polar surface area (TPSA) is 87.9 Å². The molecule has 0 fully saturated rings. The molecule has 0 bridgehead atoms. The van der Waals surface area contributed by atoms with E-state index in [0.29, 0.717) is 23.7 Å². The van der Waals surface area contributed by atoms with Gasteiger partial charge in [0.25, 0.3) is 5.91 Å². The van der Waals surface area contributed by atoms with Gasteiger partial charge in [-0.25, -0.2) is 4.98 Å². The number of carbonyl (C=O) groups excluding carboxylic acids is 1. The maximum absolute atomic E-state index is 12.0. The highest BCUT2D eigenvalue weighted by Gasteiger charge is 2.18. The number of nitrogens with one attached hydrogen (secondary N) is 1. The van der Waals surface area contributed by atoms with Crippen LogP contribution in [0.2, 0.25) is 0 Å². The van der Waals surface area contributed by atoms with Crippen molar-refractivity contribution in [3.05, 3.63) is 29.2 Å². The Hall–Kier alpha value is -2.18. The maximum atomic E-state index is 12.0. The first-order chi connectivity index (χ1) is 8.08. The molecule has 0 aromatic carbocycles. The molecule has 0 aliphatic rings. The minimum atomic E-state index is -0.161. The van der Waals surface area contributed by atoms with Gasteiger partial charge in [0.05, 0.1) is 12.7 Å². The summed E-state index contributed by atoms with van der Waals surface area (Å²) in [5.41, 5.74) is 0.458. The first-order valence-electron chi connectivity index (χ1n) is 5.12. The number of hydrogen-bond donors (Lipinski definition) is 1. The van der Waals surface area contributed by atoms with E-state index in [0.717, 1.165) is 5.82 Å². The van der Waals surface area contributed by atoms with Gasteiger partial charge in [-0.3, -0.25) is 9.89 Å². The van der Waals surface area contributed by atoms with Gasteiger partial charge >= 0.3 is 0 Å². The Morgan fingerprint density at radius 2 is 2.29 bits per heavy atom. The van der Waals surface area contributed by atoms with E-state index in [4.69, 9.17) is 4.52 Å². The van der Waals surface area contributed by atoms with Crippen molar-refractivity contribution in [3.8, 4) is 0 Å². The molecular weight excluding hydrogens is 222 g/mol. The Kier molecular flexibility index (Phi) is 2.90. The van der Waals surface area contributed by atoms with Crippen molar-refractivity contribution in [1.29, 1.82) is 0 Å². The fourth-order valence-electron chi connectivity index (χ4n) is 1.45. The fourth-order valence-corrected chi connectivity index (χ4v) is 1.45. The molecule has 1 amide bonds. The highest BCUT2D eigenvalue weighted by molar-refractivity contribution is 5.94. The lowest BCUT2D eigenvalue weighted by Crippen LogP contribution is -2.26. The van der Waals surface area contributed by atoms with E-state index < -0.39 is 0 Å². The minimum absolute atomic E-state index is 0.161. The Labute approximate surface area is 97.8 Å². The van der Waals surface area contributed by atoms with E-state index >= 15 is 0 Å². The van der Waals surface area contributed by atoms with E-state index in [-0.39, 0.29) is 5.91 Å². The molecule has 0 unspecified atom stereocenters. The van der Waals surface area contributed by atoms with E-state index in [1.807, 2.05) is 6.92 Å². The molecule has 0 aliphatic carbocycles. The fraction of sp³-hybridized carbons (Fsp3) is 0.400. The Balaban J connectivity index is 2.08. The standard InChI is InChI=1S/C10H13N5O2/c1-6-8(4-11-17-6)10(16)15(3)5-9-12-7(2)13-14-9/h4H,5H2,1-3H3,(H,12,13,14). The molecule has 1 N–H and O–H groups in total. The van der Waals surface area contributed by atoms with Crippen LogP contribution in [-0.2, 0) is 6.54 Å². The molecule has 0 spiro atoms. The van der Waals surface area contributed by atoms with Gasteiger partial charge < -0.3 is 9.42 Å². The predicted molar refractivity (Wildman–Crippen MR) is 58.2 cm³/mol. The number of nitrogens with zero attached hydrogens (tertiary/aromatic N) is 4. The van der Waals surface area contributed by atoms with Crippen molar-refractivity contribution in [2.45, 2.75) is 20.4 Å². The first kappa shape index (κ1) is 11.3. The third kappa shape index (κ3) is 2.32. The van der Waals surface area contributed by atoms with Crippen LogP contribution in [0.5, 0.6) is 0 Å². The number of rotatable bonds is 3. The normalized spacial score (nSPS) is 10.5. The quantitative estimate of drug-likeness (QED) is 0.845. The first-order valence-corrected chi connectivity index (χ1v) is 5.12. The molecule has 17 heavy (non-hydrogen) atoms. The second-order valence-electron chi connectivity index (χ2n) is 3.79. The van der Waals surface area contributed by atoms with E-state index in [1.165, 1.54) is 11.1 Å². The zero-order valence-electron chi connectivity index (χ0n) is 9.89. The number of aromatic nitrogens is 4. The van der Waals surface area contributed by atoms with Gasteiger partial charge in [-0.15, -0.1) is 0 Å². The molecule has 2 aromatic rings. The summed E-state index contributed by atoms with van der Waals surface area (Å²) in [4.78, 5) is 17.7. The van der Waals surface area contributed by atoms with Gasteiger partial charge in [-0.05, 0) is 13.8 Å². The van der Waals surface area contributed by atoms with E-state index in [2.05, 4.69) is 20.3 Å². The third-order valence-electron chi connectivity index (χ3n) is 2.35. The largest absolute Gasteiger partial charge is 0.361 e. The molecule has 0 atom stereocenters. The average Bonchev–Trinajstić information content (AvgIpc) is 2.86. The van der Waals surface area contributed by atoms with Crippen LogP contribution in [0.4, 0.5) is 0 Å². The Morgan fingerprint density at radius 1 is 1.53 bits per heavy atom. The van der Waals surface area contributed by atoms with Gasteiger partial charge in [0, 0.05) is 7.05 Å². The van der Waals surface area contributed by atoms with Crippen molar-refractivity contribution in [2.24, 2.45) is 0 Å².